The lowest BCUT2D eigenvalue weighted by molar-refractivity contribution is 0.0834. The van der Waals surface area contributed by atoms with E-state index in [1.165, 1.54) is 0 Å². The summed E-state index contributed by atoms with van der Waals surface area (Å²) in [6, 6.07) is 0.380. The molecule has 0 aliphatic carbocycles. The van der Waals surface area contributed by atoms with Crippen molar-refractivity contribution >= 4 is 11.6 Å². The predicted octanol–water partition coefficient (Wildman–Crippen LogP) is 0.214. The largest absolute Gasteiger partial charge is 0.378 e. The van der Waals surface area contributed by atoms with Gasteiger partial charge in [-0.1, -0.05) is 0 Å². The molecule has 0 aromatic heterocycles. The number of halogens is 1. The third-order valence-electron chi connectivity index (χ3n) is 1.18. The summed E-state index contributed by atoms with van der Waals surface area (Å²) in [6.07, 6.45) is 0. The van der Waals surface area contributed by atoms with Gasteiger partial charge in [0.15, 0.2) is 0 Å². The summed E-state index contributed by atoms with van der Waals surface area (Å²) in [6.45, 7) is 2.54. The molecular formula is C5H10ClNO. The second-order valence-electron chi connectivity index (χ2n) is 1.88. The van der Waals surface area contributed by atoms with Crippen LogP contribution >= 0.6 is 11.6 Å². The van der Waals surface area contributed by atoms with Crippen LogP contribution in [0.15, 0.2) is 0 Å². The quantitative estimate of drug-likeness (QED) is 0.520. The number of alkyl halides is 1. The molecule has 0 amide bonds. The predicted molar refractivity (Wildman–Crippen MR) is 33.3 cm³/mol. The number of morpholine rings is 1. The van der Waals surface area contributed by atoms with Crippen LogP contribution < -0.4 is 5.32 Å². The second kappa shape index (κ2) is 3.28. The molecule has 1 unspecified atom stereocenters. The van der Waals surface area contributed by atoms with Crippen LogP contribution in [0.25, 0.3) is 0 Å². The minimum absolute atomic E-state index is 0.380. The molecule has 1 heterocycles. The maximum Gasteiger partial charge on any atom is 0.0631 e. The van der Waals surface area contributed by atoms with Crippen LogP contribution in [0.2, 0.25) is 0 Å². The highest BCUT2D eigenvalue weighted by molar-refractivity contribution is 6.18. The topological polar surface area (TPSA) is 21.3 Å². The van der Waals surface area contributed by atoms with Gasteiger partial charge in [0, 0.05) is 18.5 Å². The number of hydrogen-bond acceptors (Lipinski definition) is 2. The highest BCUT2D eigenvalue weighted by Crippen LogP contribution is 1.93. The zero-order valence-corrected chi connectivity index (χ0v) is 5.45. The Hall–Kier alpha value is 0.210. The van der Waals surface area contributed by atoms with Crippen LogP contribution in [0.5, 0.6) is 0 Å². The van der Waals surface area contributed by atoms with Gasteiger partial charge in [-0.3, -0.25) is 0 Å². The average molecular weight is 136 g/mol. The van der Waals surface area contributed by atoms with Crippen molar-refractivity contribution in [2.75, 3.05) is 25.6 Å². The van der Waals surface area contributed by atoms with Crippen molar-refractivity contribution in [3.8, 4) is 0 Å². The van der Waals surface area contributed by atoms with E-state index in [0.717, 1.165) is 19.8 Å². The molecule has 1 aliphatic rings. The fourth-order valence-corrected chi connectivity index (χ4v) is 0.917. The van der Waals surface area contributed by atoms with Crippen LogP contribution in [-0.2, 0) is 4.74 Å². The molecule has 48 valence electrons. The van der Waals surface area contributed by atoms with Gasteiger partial charge in [0.25, 0.3) is 0 Å². The normalized spacial score (nSPS) is 30.4. The Morgan fingerprint density at radius 1 is 1.75 bits per heavy atom. The molecule has 1 saturated heterocycles. The van der Waals surface area contributed by atoms with Crippen molar-refractivity contribution in [1.82, 2.24) is 5.32 Å². The summed E-state index contributed by atoms with van der Waals surface area (Å²) in [5, 5.41) is 3.21. The van der Waals surface area contributed by atoms with E-state index in [9.17, 15) is 0 Å². The van der Waals surface area contributed by atoms with E-state index >= 15 is 0 Å². The van der Waals surface area contributed by atoms with E-state index in [-0.39, 0.29) is 0 Å². The smallest absolute Gasteiger partial charge is 0.0631 e. The van der Waals surface area contributed by atoms with Crippen molar-refractivity contribution in [2.45, 2.75) is 6.04 Å². The molecule has 1 aliphatic heterocycles. The number of nitrogens with one attached hydrogen (secondary N) is 1. The van der Waals surface area contributed by atoms with Crippen LogP contribution in [0.4, 0.5) is 0 Å². The molecule has 1 fully saturated rings. The van der Waals surface area contributed by atoms with Crippen molar-refractivity contribution in [3.63, 3.8) is 0 Å². The number of ether oxygens (including phenoxy) is 1. The summed E-state index contributed by atoms with van der Waals surface area (Å²) >= 11 is 5.54. The molecule has 0 spiro atoms. The van der Waals surface area contributed by atoms with Gasteiger partial charge in [0.05, 0.1) is 13.2 Å². The first kappa shape index (κ1) is 6.33. The molecule has 0 radical (unpaired) electrons. The van der Waals surface area contributed by atoms with Crippen molar-refractivity contribution < 1.29 is 4.74 Å². The summed E-state index contributed by atoms with van der Waals surface area (Å²) in [7, 11) is 0. The zero-order valence-electron chi connectivity index (χ0n) is 4.69. The first-order chi connectivity index (χ1) is 3.93. The minimum atomic E-state index is 0.380. The summed E-state index contributed by atoms with van der Waals surface area (Å²) in [5.41, 5.74) is 0. The molecule has 0 aromatic rings. The van der Waals surface area contributed by atoms with Gasteiger partial charge in [-0.15, -0.1) is 11.6 Å². The van der Waals surface area contributed by atoms with E-state index in [1.54, 1.807) is 0 Å². The Kier molecular flexibility index (Phi) is 2.59. The standard InChI is InChI=1S/C5H10ClNO/c6-3-5-4-8-2-1-7-5/h5,7H,1-4H2. The van der Waals surface area contributed by atoms with Crippen molar-refractivity contribution in [2.24, 2.45) is 0 Å². The molecular weight excluding hydrogens is 126 g/mol. The van der Waals surface area contributed by atoms with Gasteiger partial charge in [0.2, 0.25) is 0 Å². The molecule has 1 N–H and O–H groups in total. The molecule has 2 nitrogen and oxygen atoms in total. The number of hydrogen-bond donors (Lipinski definition) is 1. The van der Waals surface area contributed by atoms with Gasteiger partial charge in [-0.05, 0) is 0 Å². The maximum atomic E-state index is 5.54. The Morgan fingerprint density at radius 2 is 2.62 bits per heavy atom. The van der Waals surface area contributed by atoms with Gasteiger partial charge < -0.3 is 10.1 Å². The monoisotopic (exact) mass is 135 g/mol. The SMILES string of the molecule is ClCC1COCCN1. The van der Waals surface area contributed by atoms with E-state index < -0.39 is 0 Å². The van der Waals surface area contributed by atoms with Gasteiger partial charge >= 0.3 is 0 Å². The lowest BCUT2D eigenvalue weighted by atomic mass is 10.3. The number of rotatable bonds is 1. The fourth-order valence-electron chi connectivity index (χ4n) is 0.719. The van der Waals surface area contributed by atoms with E-state index in [0.29, 0.717) is 11.9 Å². The average Bonchev–Trinajstić information content (AvgIpc) is 1.90. The molecule has 1 atom stereocenters. The van der Waals surface area contributed by atoms with E-state index in [1.807, 2.05) is 0 Å². The van der Waals surface area contributed by atoms with Crippen LogP contribution in [0.1, 0.15) is 0 Å². The van der Waals surface area contributed by atoms with Crippen molar-refractivity contribution in [3.05, 3.63) is 0 Å². The third-order valence-corrected chi connectivity index (χ3v) is 1.56. The Bertz CT molecular complexity index is 63.4. The Balaban J connectivity index is 2.13. The highest BCUT2D eigenvalue weighted by atomic mass is 35.5. The van der Waals surface area contributed by atoms with Crippen molar-refractivity contribution in [1.29, 1.82) is 0 Å². The summed E-state index contributed by atoms with van der Waals surface area (Å²) in [4.78, 5) is 0. The Labute approximate surface area is 54.2 Å². The lowest BCUT2D eigenvalue weighted by Crippen LogP contribution is -2.42. The molecule has 1 rings (SSSR count). The fraction of sp³-hybridized carbons (Fsp3) is 1.00. The van der Waals surface area contributed by atoms with Gasteiger partial charge in [0.1, 0.15) is 0 Å². The molecule has 0 bridgehead atoms. The third kappa shape index (κ3) is 1.62. The van der Waals surface area contributed by atoms with Crippen LogP contribution in [-0.4, -0.2) is 31.7 Å². The second-order valence-corrected chi connectivity index (χ2v) is 2.19. The Morgan fingerprint density at radius 3 is 3.00 bits per heavy atom. The zero-order chi connectivity index (χ0) is 5.82. The minimum Gasteiger partial charge on any atom is -0.378 e. The highest BCUT2D eigenvalue weighted by Gasteiger charge is 2.09. The van der Waals surface area contributed by atoms with Gasteiger partial charge in [-0.2, -0.15) is 0 Å². The van der Waals surface area contributed by atoms with Crippen LogP contribution in [0.3, 0.4) is 0 Å². The van der Waals surface area contributed by atoms with E-state index in [2.05, 4.69) is 5.32 Å². The summed E-state index contributed by atoms with van der Waals surface area (Å²) < 4.78 is 5.13. The summed E-state index contributed by atoms with van der Waals surface area (Å²) in [5.74, 6) is 0.653. The van der Waals surface area contributed by atoms with Crippen LogP contribution in [0, 0.1) is 0 Å². The first-order valence-electron chi connectivity index (χ1n) is 2.80. The van der Waals surface area contributed by atoms with Gasteiger partial charge in [-0.25, -0.2) is 0 Å². The lowest BCUT2D eigenvalue weighted by Gasteiger charge is -2.21. The molecule has 0 aromatic carbocycles. The maximum absolute atomic E-state index is 5.54. The first-order valence-corrected chi connectivity index (χ1v) is 3.34. The molecule has 3 heteroatoms. The van der Waals surface area contributed by atoms with E-state index in [4.69, 9.17) is 16.3 Å². The molecule has 0 saturated carbocycles. The molecule has 8 heavy (non-hydrogen) atoms.